The van der Waals surface area contributed by atoms with Gasteiger partial charge in [0.1, 0.15) is 17.2 Å². The third kappa shape index (κ3) is 3.63. The van der Waals surface area contributed by atoms with Gasteiger partial charge >= 0.3 is 0 Å². The lowest BCUT2D eigenvalue weighted by Crippen LogP contribution is -2.12. The molecule has 6 nitrogen and oxygen atoms in total. The van der Waals surface area contributed by atoms with Crippen LogP contribution in [0, 0.1) is 0 Å². The predicted octanol–water partition coefficient (Wildman–Crippen LogP) is 1.39. The molecule has 0 aliphatic carbocycles. The van der Waals surface area contributed by atoms with Crippen LogP contribution in [0.25, 0.3) is 0 Å². The Balaban J connectivity index is 2.07. The number of nitrogens with zero attached hydrogens (tertiary/aromatic N) is 2. The normalized spacial score (nSPS) is 11.3. The van der Waals surface area contributed by atoms with Crippen LogP contribution >= 0.6 is 11.6 Å². The third-order valence-electron chi connectivity index (χ3n) is 2.38. The summed E-state index contributed by atoms with van der Waals surface area (Å²) in [7, 11) is -3.66. The molecule has 0 atom stereocenters. The van der Waals surface area contributed by atoms with Crippen molar-refractivity contribution in [3.63, 3.8) is 0 Å². The summed E-state index contributed by atoms with van der Waals surface area (Å²) in [5.41, 5.74) is 0.877. The largest absolute Gasteiger partial charge is 0.365 e. The molecule has 1 heterocycles. The summed E-state index contributed by atoms with van der Waals surface area (Å²) in [6.45, 7) is 0.460. The van der Waals surface area contributed by atoms with Gasteiger partial charge in [-0.2, -0.15) is 0 Å². The number of sulfonamides is 1. The van der Waals surface area contributed by atoms with Crippen LogP contribution in [-0.2, 0) is 16.6 Å². The first kappa shape index (κ1) is 13.7. The van der Waals surface area contributed by atoms with Crippen molar-refractivity contribution in [2.45, 2.75) is 11.4 Å². The van der Waals surface area contributed by atoms with Crippen molar-refractivity contribution in [3.05, 3.63) is 47.4 Å². The topological polar surface area (TPSA) is 98.0 Å². The Kier molecular flexibility index (Phi) is 3.98. The lowest BCUT2D eigenvalue weighted by Gasteiger charge is -2.07. The molecule has 0 amide bonds. The van der Waals surface area contributed by atoms with Gasteiger partial charge in [-0.15, -0.1) is 0 Å². The molecule has 19 heavy (non-hydrogen) atoms. The molecular formula is C11H11ClN4O2S. The van der Waals surface area contributed by atoms with E-state index in [-0.39, 0.29) is 4.90 Å². The molecule has 8 heteroatoms. The average Bonchev–Trinajstić information content (AvgIpc) is 2.37. The Morgan fingerprint density at radius 3 is 2.53 bits per heavy atom. The highest BCUT2D eigenvalue weighted by molar-refractivity contribution is 7.89. The SMILES string of the molecule is NS(=O)(=O)c1ccc(CNc2ncncc2Cl)cc1. The highest BCUT2D eigenvalue weighted by atomic mass is 35.5. The first-order valence-electron chi connectivity index (χ1n) is 5.28. The van der Waals surface area contributed by atoms with E-state index in [1.165, 1.54) is 24.7 Å². The first-order valence-corrected chi connectivity index (χ1v) is 7.20. The third-order valence-corrected chi connectivity index (χ3v) is 3.59. The van der Waals surface area contributed by atoms with Gasteiger partial charge < -0.3 is 5.32 Å². The first-order chi connectivity index (χ1) is 8.97. The van der Waals surface area contributed by atoms with Crippen molar-refractivity contribution < 1.29 is 8.42 Å². The molecule has 1 aromatic heterocycles. The Labute approximate surface area is 115 Å². The van der Waals surface area contributed by atoms with Gasteiger partial charge in [-0.3, -0.25) is 0 Å². The summed E-state index contributed by atoms with van der Waals surface area (Å²) in [5, 5.41) is 8.46. The molecule has 0 bridgehead atoms. The molecule has 0 fully saturated rings. The molecular weight excluding hydrogens is 288 g/mol. The minimum absolute atomic E-state index is 0.0799. The van der Waals surface area contributed by atoms with Gasteiger partial charge in [0.15, 0.2) is 0 Å². The van der Waals surface area contributed by atoms with Crippen LogP contribution < -0.4 is 10.5 Å². The molecule has 0 radical (unpaired) electrons. The monoisotopic (exact) mass is 298 g/mol. The quantitative estimate of drug-likeness (QED) is 0.889. The van der Waals surface area contributed by atoms with Crippen LogP contribution in [0.5, 0.6) is 0 Å². The van der Waals surface area contributed by atoms with Gasteiger partial charge in [-0.25, -0.2) is 23.5 Å². The molecule has 1 aromatic carbocycles. The smallest absolute Gasteiger partial charge is 0.238 e. The van der Waals surface area contributed by atoms with Gasteiger partial charge in [0.2, 0.25) is 10.0 Å². The van der Waals surface area contributed by atoms with E-state index in [9.17, 15) is 8.42 Å². The second-order valence-corrected chi connectivity index (χ2v) is 5.73. The zero-order valence-corrected chi connectivity index (χ0v) is 11.3. The van der Waals surface area contributed by atoms with Crippen molar-refractivity contribution in [2.24, 2.45) is 5.14 Å². The number of benzene rings is 1. The highest BCUT2D eigenvalue weighted by Crippen LogP contribution is 2.17. The Morgan fingerprint density at radius 2 is 1.95 bits per heavy atom. The Morgan fingerprint density at radius 1 is 1.26 bits per heavy atom. The number of aromatic nitrogens is 2. The van der Waals surface area contributed by atoms with E-state index in [4.69, 9.17) is 16.7 Å². The van der Waals surface area contributed by atoms with Crippen LogP contribution in [0.4, 0.5) is 5.82 Å². The summed E-state index contributed by atoms with van der Waals surface area (Å²) in [5.74, 6) is 0.521. The van der Waals surface area contributed by atoms with Gasteiger partial charge in [-0.05, 0) is 17.7 Å². The number of hydrogen-bond donors (Lipinski definition) is 2. The van der Waals surface area contributed by atoms with Crippen molar-refractivity contribution in [1.82, 2.24) is 9.97 Å². The molecule has 3 N–H and O–H groups in total. The molecule has 0 saturated heterocycles. The summed E-state index contributed by atoms with van der Waals surface area (Å²) < 4.78 is 22.2. The van der Waals surface area contributed by atoms with Gasteiger partial charge in [0.25, 0.3) is 0 Å². The summed E-state index contributed by atoms with van der Waals surface area (Å²) in [6.07, 6.45) is 2.87. The summed E-state index contributed by atoms with van der Waals surface area (Å²) in [6, 6.07) is 6.24. The molecule has 0 aliphatic rings. The van der Waals surface area contributed by atoms with Crippen LogP contribution in [0.1, 0.15) is 5.56 Å². The lowest BCUT2D eigenvalue weighted by molar-refractivity contribution is 0.598. The maximum absolute atomic E-state index is 11.1. The second kappa shape index (κ2) is 5.52. The number of halogens is 1. The molecule has 0 aliphatic heterocycles. The number of primary sulfonamides is 1. The van der Waals surface area contributed by atoms with E-state index in [0.717, 1.165) is 5.56 Å². The van der Waals surface area contributed by atoms with Crippen molar-refractivity contribution in [1.29, 1.82) is 0 Å². The maximum atomic E-state index is 11.1. The highest BCUT2D eigenvalue weighted by Gasteiger charge is 2.07. The van der Waals surface area contributed by atoms with E-state index in [1.54, 1.807) is 12.1 Å². The van der Waals surface area contributed by atoms with E-state index >= 15 is 0 Å². The second-order valence-electron chi connectivity index (χ2n) is 3.76. The van der Waals surface area contributed by atoms with Crippen molar-refractivity contribution >= 4 is 27.4 Å². The van der Waals surface area contributed by atoms with E-state index < -0.39 is 10.0 Å². The minimum Gasteiger partial charge on any atom is -0.365 e. The van der Waals surface area contributed by atoms with E-state index in [2.05, 4.69) is 15.3 Å². The zero-order valence-electron chi connectivity index (χ0n) is 9.75. The van der Waals surface area contributed by atoms with Crippen molar-refractivity contribution in [2.75, 3.05) is 5.32 Å². The zero-order chi connectivity index (χ0) is 13.9. The van der Waals surface area contributed by atoms with Crippen LogP contribution in [0.2, 0.25) is 5.02 Å². The standard InChI is InChI=1S/C11H11ClN4O2S/c12-10-6-14-7-16-11(10)15-5-8-1-3-9(4-2-8)19(13,17)18/h1-4,6-7H,5H2,(H2,13,17,18)(H,14,15,16). The fraction of sp³-hybridized carbons (Fsp3) is 0.0909. The number of anilines is 1. The van der Waals surface area contributed by atoms with Crippen LogP contribution in [0.15, 0.2) is 41.7 Å². The summed E-state index contributed by atoms with van der Waals surface area (Å²) >= 11 is 5.89. The molecule has 100 valence electrons. The Hall–Kier alpha value is -1.70. The molecule has 0 saturated carbocycles. The van der Waals surface area contributed by atoms with E-state index in [1.807, 2.05) is 0 Å². The Bertz CT molecular complexity index is 673. The maximum Gasteiger partial charge on any atom is 0.238 e. The molecule has 2 aromatic rings. The fourth-order valence-corrected chi connectivity index (χ4v) is 2.11. The van der Waals surface area contributed by atoms with Gasteiger partial charge in [-0.1, -0.05) is 23.7 Å². The van der Waals surface area contributed by atoms with Gasteiger partial charge in [0.05, 0.1) is 11.1 Å². The average molecular weight is 299 g/mol. The minimum atomic E-state index is -3.66. The predicted molar refractivity (Wildman–Crippen MR) is 72.2 cm³/mol. The summed E-state index contributed by atoms with van der Waals surface area (Å²) in [4.78, 5) is 7.83. The van der Waals surface area contributed by atoms with Crippen LogP contribution in [-0.4, -0.2) is 18.4 Å². The number of hydrogen-bond acceptors (Lipinski definition) is 5. The number of nitrogens with two attached hydrogens (primary N) is 1. The van der Waals surface area contributed by atoms with Crippen molar-refractivity contribution in [3.8, 4) is 0 Å². The molecule has 2 rings (SSSR count). The molecule has 0 spiro atoms. The van der Waals surface area contributed by atoms with Crippen LogP contribution in [0.3, 0.4) is 0 Å². The van der Waals surface area contributed by atoms with Gasteiger partial charge in [0, 0.05) is 6.54 Å². The number of rotatable bonds is 4. The van der Waals surface area contributed by atoms with E-state index in [0.29, 0.717) is 17.4 Å². The number of nitrogens with one attached hydrogen (secondary N) is 1. The fourth-order valence-electron chi connectivity index (χ4n) is 1.43. The molecule has 0 unspecified atom stereocenters. The lowest BCUT2D eigenvalue weighted by atomic mass is 10.2.